The van der Waals surface area contributed by atoms with Crippen LogP contribution in [0.15, 0.2) is 30.3 Å². The SMILES string of the molecule is COc1cc([C@@H]2c3cc(O)c(OC)cc3[C@@H](CC(=O)O)[C@H]2C(=O)O)ccc1O. The molecule has 1 aliphatic rings. The summed E-state index contributed by atoms with van der Waals surface area (Å²) in [6.07, 6.45) is -0.385. The predicted molar refractivity (Wildman–Crippen MR) is 97.3 cm³/mol. The molecule has 2 aromatic carbocycles. The van der Waals surface area contributed by atoms with Gasteiger partial charge in [-0.25, -0.2) is 0 Å². The van der Waals surface area contributed by atoms with E-state index in [1.165, 1.54) is 38.5 Å². The zero-order chi connectivity index (χ0) is 20.6. The molecule has 0 spiro atoms. The Balaban J connectivity index is 2.25. The van der Waals surface area contributed by atoms with Crippen molar-refractivity contribution >= 4 is 11.9 Å². The molecular weight excluding hydrogens is 368 g/mol. The molecule has 4 N–H and O–H groups in total. The number of carboxylic acid groups (broad SMARTS) is 2. The number of ether oxygens (including phenoxy) is 2. The smallest absolute Gasteiger partial charge is 0.308 e. The molecule has 3 rings (SSSR count). The normalized spacial score (nSPS) is 20.4. The lowest BCUT2D eigenvalue weighted by Gasteiger charge is -2.22. The second kappa shape index (κ2) is 7.30. The van der Waals surface area contributed by atoms with E-state index >= 15 is 0 Å². The van der Waals surface area contributed by atoms with Crippen molar-refractivity contribution < 1.29 is 39.5 Å². The molecule has 3 atom stereocenters. The highest BCUT2D eigenvalue weighted by Crippen LogP contribution is 2.54. The molecule has 0 unspecified atom stereocenters. The lowest BCUT2D eigenvalue weighted by molar-refractivity contribution is -0.143. The van der Waals surface area contributed by atoms with E-state index in [4.69, 9.17) is 9.47 Å². The number of benzene rings is 2. The van der Waals surface area contributed by atoms with Gasteiger partial charge in [0.2, 0.25) is 0 Å². The maximum Gasteiger partial charge on any atom is 0.308 e. The number of rotatable bonds is 6. The average molecular weight is 388 g/mol. The number of aromatic hydroxyl groups is 2. The van der Waals surface area contributed by atoms with E-state index in [0.29, 0.717) is 16.7 Å². The van der Waals surface area contributed by atoms with Crippen molar-refractivity contribution in [2.75, 3.05) is 14.2 Å². The molecule has 1 aliphatic carbocycles. The van der Waals surface area contributed by atoms with E-state index < -0.39 is 29.7 Å². The molecule has 148 valence electrons. The van der Waals surface area contributed by atoms with Gasteiger partial charge in [0.15, 0.2) is 23.0 Å². The Morgan fingerprint density at radius 2 is 1.57 bits per heavy atom. The van der Waals surface area contributed by atoms with E-state index in [1.807, 2.05) is 0 Å². The summed E-state index contributed by atoms with van der Waals surface area (Å²) in [6, 6.07) is 7.37. The van der Waals surface area contributed by atoms with Crippen LogP contribution in [0.3, 0.4) is 0 Å². The Morgan fingerprint density at radius 1 is 0.929 bits per heavy atom. The summed E-state index contributed by atoms with van der Waals surface area (Å²) in [7, 11) is 2.74. The number of hydrogen-bond acceptors (Lipinski definition) is 6. The van der Waals surface area contributed by atoms with Gasteiger partial charge in [-0.1, -0.05) is 6.07 Å². The van der Waals surface area contributed by atoms with Crippen molar-refractivity contribution in [3.8, 4) is 23.0 Å². The number of fused-ring (bicyclic) bond motifs is 1. The van der Waals surface area contributed by atoms with Crippen LogP contribution in [0.4, 0.5) is 0 Å². The molecule has 0 aliphatic heterocycles. The van der Waals surface area contributed by atoms with Crippen LogP contribution in [0.25, 0.3) is 0 Å². The van der Waals surface area contributed by atoms with Gasteiger partial charge in [0.05, 0.1) is 26.6 Å². The molecule has 28 heavy (non-hydrogen) atoms. The van der Waals surface area contributed by atoms with Crippen LogP contribution in [0.1, 0.15) is 34.9 Å². The van der Waals surface area contributed by atoms with Gasteiger partial charge in [0, 0.05) is 11.8 Å². The lowest BCUT2D eigenvalue weighted by atomic mass is 9.81. The first-order valence-electron chi connectivity index (χ1n) is 8.50. The molecule has 0 bridgehead atoms. The fourth-order valence-corrected chi connectivity index (χ4v) is 3.99. The predicted octanol–water partition coefficient (Wildman–Crippen LogP) is 2.52. The molecule has 0 radical (unpaired) electrons. The highest BCUT2D eigenvalue weighted by atomic mass is 16.5. The number of carbonyl (C=O) groups is 2. The van der Waals surface area contributed by atoms with Crippen LogP contribution in [0.5, 0.6) is 23.0 Å². The monoisotopic (exact) mass is 388 g/mol. The summed E-state index contributed by atoms with van der Waals surface area (Å²) in [5.41, 5.74) is 1.53. The Labute approximate surface area is 160 Å². The van der Waals surface area contributed by atoms with Gasteiger partial charge in [-0.3, -0.25) is 9.59 Å². The molecular formula is C20H20O8. The molecule has 0 aromatic heterocycles. The summed E-state index contributed by atoms with van der Waals surface area (Å²) < 4.78 is 10.2. The second-order valence-electron chi connectivity index (χ2n) is 6.63. The van der Waals surface area contributed by atoms with E-state index in [2.05, 4.69) is 0 Å². The van der Waals surface area contributed by atoms with Crippen molar-refractivity contribution in [1.29, 1.82) is 0 Å². The molecule has 2 aromatic rings. The molecule has 0 saturated carbocycles. The zero-order valence-electron chi connectivity index (χ0n) is 15.2. The van der Waals surface area contributed by atoms with Gasteiger partial charge in [-0.15, -0.1) is 0 Å². The van der Waals surface area contributed by atoms with Crippen molar-refractivity contribution in [3.05, 3.63) is 47.0 Å². The van der Waals surface area contributed by atoms with E-state index in [9.17, 15) is 30.0 Å². The quantitative estimate of drug-likeness (QED) is 0.593. The van der Waals surface area contributed by atoms with E-state index in [0.717, 1.165) is 0 Å². The summed E-state index contributed by atoms with van der Waals surface area (Å²) in [5.74, 6) is -4.87. The van der Waals surface area contributed by atoms with Crippen molar-refractivity contribution in [2.45, 2.75) is 18.3 Å². The summed E-state index contributed by atoms with van der Waals surface area (Å²) in [6.45, 7) is 0. The van der Waals surface area contributed by atoms with Gasteiger partial charge in [0.25, 0.3) is 0 Å². The minimum absolute atomic E-state index is 0.101. The standard InChI is InChI=1S/C20H20O8/c1-27-15-5-9(3-4-13(15)21)18-11-6-14(22)16(28-2)7-10(11)12(8-17(23)24)19(18)20(25)26/h3-7,12,18-19,21-22H,8H2,1-2H3,(H,23,24)(H,25,26)/t12-,18-,19-/m1/s1. The molecule has 0 fully saturated rings. The molecule has 0 saturated heterocycles. The summed E-state index contributed by atoms with van der Waals surface area (Å²) >= 11 is 0. The van der Waals surface area contributed by atoms with Crippen molar-refractivity contribution in [1.82, 2.24) is 0 Å². The number of hydrogen-bond donors (Lipinski definition) is 4. The number of carboxylic acids is 2. The van der Waals surface area contributed by atoms with Gasteiger partial charge in [-0.05, 0) is 41.0 Å². The Morgan fingerprint density at radius 3 is 2.14 bits per heavy atom. The number of phenols is 2. The van der Waals surface area contributed by atoms with Crippen LogP contribution in [0.2, 0.25) is 0 Å². The first-order valence-corrected chi connectivity index (χ1v) is 8.50. The first-order chi connectivity index (χ1) is 13.3. The number of aliphatic carboxylic acids is 2. The zero-order valence-corrected chi connectivity index (χ0v) is 15.2. The summed E-state index contributed by atoms with van der Waals surface area (Å²) in [5, 5.41) is 39.3. The molecule has 8 heteroatoms. The van der Waals surface area contributed by atoms with E-state index in [-0.39, 0.29) is 29.4 Å². The largest absolute Gasteiger partial charge is 0.504 e. The minimum atomic E-state index is -1.15. The van der Waals surface area contributed by atoms with E-state index in [1.54, 1.807) is 6.07 Å². The summed E-state index contributed by atoms with van der Waals surface area (Å²) in [4.78, 5) is 23.6. The van der Waals surface area contributed by atoms with Gasteiger partial charge in [-0.2, -0.15) is 0 Å². The minimum Gasteiger partial charge on any atom is -0.504 e. The third kappa shape index (κ3) is 3.17. The Hall–Kier alpha value is -3.42. The lowest BCUT2D eigenvalue weighted by Crippen LogP contribution is -2.24. The topological polar surface area (TPSA) is 134 Å². The molecule has 0 amide bonds. The van der Waals surface area contributed by atoms with Crippen LogP contribution < -0.4 is 9.47 Å². The van der Waals surface area contributed by atoms with Crippen LogP contribution in [-0.2, 0) is 9.59 Å². The number of phenolic OH excluding ortho intramolecular Hbond substituents is 2. The van der Waals surface area contributed by atoms with Crippen molar-refractivity contribution in [3.63, 3.8) is 0 Å². The maximum absolute atomic E-state index is 12.1. The van der Waals surface area contributed by atoms with Crippen molar-refractivity contribution in [2.24, 2.45) is 5.92 Å². The molecule has 8 nitrogen and oxygen atoms in total. The van der Waals surface area contributed by atoms with Gasteiger partial charge < -0.3 is 29.9 Å². The fraction of sp³-hybridized carbons (Fsp3) is 0.300. The van der Waals surface area contributed by atoms with Crippen LogP contribution >= 0.6 is 0 Å². The fourth-order valence-electron chi connectivity index (χ4n) is 3.99. The Bertz CT molecular complexity index is 936. The third-order valence-corrected chi connectivity index (χ3v) is 5.15. The maximum atomic E-state index is 12.1. The third-order valence-electron chi connectivity index (χ3n) is 5.15. The highest BCUT2D eigenvalue weighted by Gasteiger charge is 2.47. The second-order valence-corrected chi connectivity index (χ2v) is 6.63. The average Bonchev–Trinajstić information content (AvgIpc) is 2.94. The van der Waals surface area contributed by atoms with Crippen LogP contribution in [0, 0.1) is 5.92 Å². The highest BCUT2D eigenvalue weighted by molar-refractivity contribution is 5.79. The number of methoxy groups -OCH3 is 2. The Kier molecular flexibility index (Phi) is 5.04. The van der Waals surface area contributed by atoms with Crippen LogP contribution in [-0.4, -0.2) is 46.6 Å². The van der Waals surface area contributed by atoms with Gasteiger partial charge in [0.1, 0.15) is 0 Å². The van der Waals surface area contributed by atoms with Gasteiger partial charge >= 0.3 is 11.9 Å². The molecule has 0 heterocycles. The first kappa shape index (κ1) is 19.3.